The van der Waals surface area contributed by atoms with Gasteiger partial charge < -0.3 is 16.0 Å². The Bertz CT molecular complexity index is 211. The normalized spacial score (nSPS) is 10.5. The van der Waals surface area contributed by atoms with Gasteiger partial charge in [-0.25, -0.2) is 4.79 Å². The number of hydrogen-bond donors (Lipinski definition) is 2. The molecule has 15 heavy (non-hydrogen) atoms. The first-order valence-electron chi connectivity index (χ1n) is 4.41. The van der Waals surface area contributed by atoms with E-state index in [9.17, 15) is 4.79 Å². The predicted molar refractivity (Wildman–Crippen MR) is 63.6 cm³/mol. The summed E-state index contributed by atoms with van der Waals surface area (Å²) in [5, 5.41) is 9.06. The average molecular weight is 240 g/mol. The zero-order chi connectivity index (χ0) is 10.4. The summed E-state index contributed by atoms with van der Waals surface area (Å²) in [6.07, 6.45) is 0.793. The molecule has 0 amide bonds. The van der Waals surface area contributed by atoms with Crippen LogP contribution >= 0.6 is 12.4 Å². The zero-order valence-electron chi connectivity index (χ0n) is 9.87. The van der Waals surface area contributed by atoms with Gasteiger partial charge in [0.25, 0.3) is 0 Å². The fourth-order valence-corrected chi connectivity index (χ4v) is 1.03. The van der Waals surface area contributed by atoms with Crippen LogP contribution in [0.5, 0.6) is 0 Å². The van der Waals surface area contributed by atoms with Crippen molar-refractivity contribution < 1.29 is 14.6 Å². The fraction of sp³-hybridized carbons (Fsp3) is 0.700. The van der Waals surface area contributed by atoms with Crippen LogP contribution in [0.15, 0.2) is 11.1 Å². The monoisotopic (exact) mass is 239 g/mol. The van der Waals surface area contributed by atoms with Crippen molar-refractivity contribution in [1.82, 2.24) is 6.15 Å². The molecular formula is C10H22ClNO3. The van der Waals surface area contributed by atoms with Gasteiger partial charge in [0.15, 0.2) is 0 Å². The van der Waals surface area contributed by atoms with Crippen LogP contribution in [-0.2, 0) is 9.53 Å². The number of esters is 1. The van der Waals surface area contributed by atoms with E-state index in [1.54, 1.807) is 6.92 Å². The Morgan fingerprint density at radius 2 is 1.87 bits per heavy atom. The van der Waals surface area contributed by atoms with E-state index in [0.29, 0.717) is 18.4 Å². The van der Waals surface area contributed by atoms with Crippen LogP contribution in [0.4, 0.5) is 0 Å². The first-order valence-corrected chi connectivity index (χ1v) is 4.41. The summed E-state index contributed by atoms with van der Waals surface area (Å²) in [5.41, 5.74) is 1.62. The highest BCUT2D eigenvalue weighted by molar-refractivity contribution is 5.89. The van der Waals surface area contributed by atoms with Crippen LogP contribution in [0, 0.1) is 0 Å². The third-order valence-corrected chi connectivity index (χ3v) is 1.85. The number of rotatable bonds is 4. The standard InChI is InChI=1S/C10H18O3.ClH.H3N/c1-7(2)9(10(12)13-4)6-5-8(3)11;;/h8,11H,5-6H2,1-4H3;1H;1H3. The van der Waals surface area contributed by atoms with E-state index in [4.69, 9.17) is 5.11 Å². The molecule has 0 aromatic rings. The topological polar surface area (TPSA) is 81.5 Å². The lowest BCUT2D eigenvalue weighted by Gasteiger charge is -2.08. The van der Waals surface area contributed by atoms with E-state index in [1.165, 1.54) is 7.11 Å². The van der Waals surface area contributed by atoms with E-state index in [0.717, 1.165) is 5.57 Å². The van der Waals surface area contributed by atoms with Crippen molar-refractivity contribution >= 4 is 18.4 Å². The first-order chi connectivity index (χ1) is 5.99. The Hall–Kier alpha value is -0.580. The smallest absolute Gasteiger partial charge is 0.333 e. The second kappa shape index (κ2) is 9.96. The van der Waals surface area contributed by atoms with E-state index >= 15 is 0 Å². The van der Waals surface area contributed by atoms with Gasteiger partial charge in [-0.2, -0.15) is 0 Å². The summed E-state index contributed by atoms with van der Waals surface area (Å²) in [7, 11) is 1.37. The zero-order valence-corrected chi connectivity index (χ0v) is 10.7. The quantitative estimate of drug-likeness (QED) is 0.582. The van der Waals surface area contributed by atoms with Crippen LogP contribution in [0.3, 0.4) is 0 Å². The number of hydrogen-bond acceptors (Lipinski definition) is 4. The van der Waals surface area contributed by atoms with Gasteiger partial charge in [0, 0.05) is 5.57 Å². The van der Waals surface area contributed by atoms with Crippen molar-refractivity contribution in [3.8, 4) is 0 Å². The summed E-state index contributed by atoms with van der Waals surface area (Å²) in [6, 6.07) is 0. The van der Waals surface area contributed by atoms with Crippen LogP contribution in [0.1, 0.15) is 33.6 Å². The molecule has 0 spiro atoms. The minimum absolute atomic E-state index is 0. The maximum Gasteiger partial charge on any atom is 0.333 e. The average Bonchev–Trinajstić information content (AvgIpc) is 2.03. The molecule has 1 unspecified atom stereocenters. The highest BCUT2D eigenvalue weighted by Crippen LogP contribution is 2.13. The molecule has 0 radical (unpaired) electrons. The third kappa shape index (κ3) is 8.42. The number of halogens is 1. The molecule has 0 aliphatic heterocycles. The Labute approximate surface area is 97.7 Å². The van der Waals surface area contributed by atoms with Gasteiger partial charge in [0.05, 0.1) is 13.2 Å². The molecule has 0 heterocycles. The van der Waals surface area contributed by atoms with Crippen molar-refractivity contribution in [3.05, 3.63) is 11.1 Å². The van der Waals surface area contributed by atoms with Crippen molar-refractivity contribution in [3.63, 3.8) is 0 Å². The summed E-state index contributed by atoms with van der Waals surface area (Å²) < 4.78 is 4.63. The SMILES string of the molecule is COC(=O)C(CCC(C)O)=C(C)C.Cl.N. The second-order valence-corrected chi connectivity index (χ2v) is 3.36. The van der Waals surface area contributed by atoms with Gasteiger partial charge in [-0.3, -0.25) is 0 Å². The molecule has 0 saturated carbocycles. The van der Waals surface area contributed by atoms with Crippen LogP contribution < -0.4 is 6.15 Å². The van der Waals surface area contributed by atoms with Crippen molar-refractivity contribution in [2.75, 3.05) is 7.11 Å². The Morgan fingerprint density at radius 3 is 2.13 bits per heavy atom. The maximum atomic E-state index is 11.2. The van der Waals surface area contributed by atoms with Crippen LogP contribution in [0.2, 0.25) is 0 Å². The molecular weight excluding hydrogens is 218 g/mol. The molecule has 4 nitrogen and oxygen atoms in total. The highest BCUT2D eigenvalue weighted by atomic mass is 35.5. The number of ether oxygens (including phenoxy) is 1. The first kappa shape index (κ1) is 19.9. The van der Waals surface area contributed by atoms with Crippen LogP contribution in [0.25, 0.3) is 0 Å². The lowest BCUT2D eigenvalue weighted by atomic mass is 10.0. The molecule has 5 heteroatoms. The molecule has 4 N–H and O–H groups in total. The van der Waals surface area contributed by atoms with Crippen molar-refractivity contribution in [2.45, 2.75) is 39.7 Å². The van der Waals surface area contributed by atoms with E-state index in [2.05, 4.69) is 4.74 Å². The number of carbonyl (C=O) groups excluding carboxylic acids is 1. The molecule has 0 rings (SSSR count). The Morgan fingerprint density at radius 1 is 1.40 bits per heavy atom. The molecule has 92 valence electrons. The van der Waals surface area contributed by atoms with Crippen molar-refractivity contribution in [1.29, 1.82) is 0 Å². The molecule has 0 aromatic heterocycles. The van der Waals surface area contributed by atoms with E-state index < -0.39 is 0 Å². The largest absolute Gasteiger partial charge is 0.466 e. The van der Waals surface area contributed by atoms with Gasteiger partial charge in [-0.1, -0.05) is 5.57 Å². The molecule has 0 fully saturated rings. The summed E-state index contributed by atoms with van der Waals surface area (Å²) in [6.45, 7) is 5.45. The molecule has 0 aliphatic rings. The summed E-state index contributed by atoms with van der Waals surface area (Å²) >= 11 is 0. The third-order valence-electron chi connectivity index (χ3n) is 1.85. The van der Waals surface area contributed by atoms with Gasteiger partial charge >= 0.3 is 5.97 Å². The van der Waals surface area contributed by atoms with Gasteiger partial charge in [0.1, 0.15) is 0 Å². The molecule has 0 bridgehead atoms. The number of aliphatic hydroxyl groups excluding tert-OH is 1. The summed E-state index contributed by atoms with van der Waals surface area (Å²) in [5.74, 6) is -0.291. The second-order valence-electron chi connectivity index (χ2n) is 3.36. The fourth-order valence-electron chi connectivity index (χ4n) is 1.03. The lowest BCUT2D eigenvalue weighted by Crippen LogP contribution is -2.09. The lowest BCUT2D eigenvalue weighted by molar-refractivity contribution is -0.136. The minimum Gasteiger partial charge on any atom is -0.466 e. The molecule has 0 saturated heterocycles. The molecule has 0 aromatic carbocycles. The van der Waals surface area contributed by atoms with Gasteiger partial charge in [-0.15, -0.1) is 12.4 Å². The van der Waals surface area contributed by atoms with E-state index in [1.807, 2.05) is 13.8 Å². The molecule has 1 atom stereocenters. The number of methoxy groups -OCH3 is 1. The highest BCUT2D eigenvalue weighted by Gasteiger charge is 2.11. The number of allylic oxidation sites excluding steroid dienone is 1. The Balaban J connectivity index is -0.000000720. The van der Waals surface area contributed by atoms with E-state index in [-0.39, 0.29) is 30.6 Å². The Kier molecular flexibility index (Phi) is 13.2. The summed E-state index contributed by atoms with van der Waals surface area (Å²) in [4.78, 5) is 11.2. The van der Waals surface area contributed by atoms with Crippen molar-refractivity contribution in [2.24, 2.45) is 0 Å². The number of carbonyl (C=O) groups is 1. The predicted octanol–water partition coefficient (Wildman–Crippen LogP) is 2.24. The molecule has 0 aliphatic carbocycles. The number of aliphatic hydroxyl groups is 1. The maximum absolute atomic E-state index is 11.2. The van der Waals surface area contributed by atoms with Gasteiger partial charge in [0.2, 0.25) is 0 Å². The minimum atomic E-state index is -0.376. The van der Waals surface area contributed by atoms with Gasteiger partial charge in [-0.05, 0) is 33.6 Å². The van der Waals surface area contributed by atoms with Crippen LogP contribution in [-0.4, -0.2) is 24.3 Å².